The molecule has 1 aliphatic heterocycles. The van der Waals surface area contributed by atoms with Gasteiger partial charge in [0.2, 0.25) is 0 Å². The smallest absolute Gasteiger partial charge is 0.258 e. The predicted octanol–water partition coefficient (Wildman–Crippen LogP) is 3.35. The van der Waals surface area contributed by atoms with Crippen LogP contribution in [0.1, 0.15) is 22.8 Å². The predicted molar refractivity (Wildman–Crippen MR) is 95.7 cm³/mol. The average Bonchev–Trinajstić information content (AvgIpc) is 2.95. The molecule has 25 heavy (non-hydrogen) atoms. The highest BCUT2D eigenvalue weighted by Gasteiger charge is 2.32. The first-order valence-corrected chi connectivity index (χ1v) is 9.70. The van der Waals surface area contributed by atoms with Gasteiger partial charge in [-0.05, 0) is 48.4 Å². The third-order valence-electron chi connectivity index (χ3n) is 4.16. The summed E-state index contributed by atoms with van der Waals surface area (Å²) < 4.78 is 37.1. The summed E-state index contributed by atoms with van der Waals surface area (Å²) in [6.45, 7) is 2.02. The van der Waals surface area contributed by atoms with Gasteiger partial charge in [-0.1, -0.05) is 25.1 Å². The van der Waals surface area contributed by atoms with Gasteiger partial charge in [-0.25, -0.2) is 12.8 Å². The highest BCUT2D eigenvalue weighted by Crippen LogP contribution is 2.25. The SMILES string of the molecule is CCc1ccc(N(C(=O)c2cccc(F)c2)C2C=CS(=O)(=O)C2)cc1. The molecule has 0 aromatic heterocycles. The molecule has 0 radical (unpaired) electrons. The van der Waals surface area contributed by atoms with E-state index >= 15 is 0 Å². The Bertz CT molecular complexity index is 920. The van der Waals surface area contributed by atoms with Crippen molar-refractivity contribution in [3.8, 4) is 0 Å². The fourth-order valence-electron chi connectivity index (χ4n) is 2.83. The van der Waals surface area contributed by atoms with Crippen LogP contribution in [0.3, 0.4) is 0 Å². The summed E-state index contributed by atoms with van der Waals surface area (Å²) in [6, 6.07) is 12.1. The lowest BCUT2D eigenvalue weighted by molar-refractivity contribution is 0.0982. The lowest BCUT2D eigenvalue weighted by Gasteiger charge is -2.28. The second-order valence-corrected chi connectivity index (χ2v) is 7.86. The van der Waals surface area contributed by atoms with E-state index in [1.54, 1.807) is 12.1 Å². The molecule has 0 fully saturated rings. The molecule has 0 saturated carbocycles. The Kier molecular flexibility index (Phi) is 4.72. The molecular formula is C19H18FNO3S. The Labute approximate surface area is 146 Å². The van der Waals surface area contributed by atoms with Gasteiger partial charge in [0.15, 0.2) is 9.84 Å². The number of sulfone groups is 1. The first-order valence-electron chi connectivity index (χ1n) is 7.98. The second-order valence-electron chi connectivity index (χ2n) is 5.93. The molecule has 4 nitrogen and oxygen atoms in total. The van der Waals surface area contributed by atoms with Crippen LogP contribution in [0.5, 0.6) is 0 Å². The van der Waals surface area contributed by atoms with Crippen molar-refractivity contribution in [2.24, 2.45) is 0 Å². The summed E-state index contributed by atoms with van der Waals surface area (Å²) in [5, 5.41) is 1.13. The quantitative estimate of drug-likeness (QED) is 0.841. The maximum absolute atomic E-state index is 13.5. The van der Waals surface area contributed by atoms with E-state index < -0.39 is 27.6 Å². The molecule has 1 unspecified atom stereocenters. The van der Waals surface area contributed by atoms with Gasteiger partial charge in [0.05, 0.1) is 11.8 Å². The molecule has 0 spiro atoms. The van der Waals surface area contributed by atoms with E-state index in [1.807, 2.05) is 19.1 Å². The lowest BCUT2D eigenvalue weighted by atomic mass is 10.1. The van der Waals surface area contributed by atoms with Crippen LogP contribution in [-0.2, 0) is 16.3 Å². The van der Waals surface area contributed by atoms with Crippen LogP contribution in [0.4, 0.5) is 10.1 Å². The van der Waals surface area contributed by atoms with Crippen LogP contribution in [0, 0.1) is 5.82 Å². The van der Waals surface area contributed by atoms with E-state index in [1.165, 1.54) is 29.2 Å². The van der Waals surface area contributed by atoms with Crippen molar-refractivity contribution in [1.29, 1.82) is 0 Å². The maximum Gasteiger partial charge on any atom is 0.258 e. The number of nitrogens with zero attached hydrogens (tertiary/aromatic N) is 1. The van der Waals surface area contributed by atoms with E-state index in [2.05, 4.69) is 0 Å². The van der Waals surface area contributed by atoms with Gasteiger partial charge in [-0.15, -0.1) is 0 Å². The third-order valence-corrected chi connectivity index (χ3v) is 5.53. The van der Waals surface area contributed by atoms with E-state index in [9.17, 15) is 17.6 Å². The van der Waals surface area contributed by atoms with Gasteiger partial charge < -0.3 is 4.90 Å². The third kappa shape index (κ3) is 3.79. The Balaban J connectivity index is 2.02. The minimum Gasteiger partial charge on any atom is -0.300 e. The van der Waals surface area contributed by atoms with Gasteiger partial charge >= 0.3 is 0 Å². The first kappa shape index (κ1) is 17.4. The monoisotopic (exact) mass is 359 g/mol. The van der Waals surface area contributed by atoms with Crippen LogP contribution in [-0.4, -0.2) is 26.1 Å². The number of rotatable bonds is 4. The van der Waals surface area contributed by atoms with Crippen LogP contribution < -0.4 is 4.90 Å². The molecule has 0 N–H and O–H groups in total. The summed E-state index contributed by atoms with van der Waals surface area (Å²) in [7, 11) is -3.33. The fraction of sp³-hybridized carbons (Fsp3) is 0.211. The number of aryl methyl sites for hydroxylation is 1. The van der Waals surface area contributed by atoms with Crippen LogP contribution in [0.2, 0.25) is 0 Å². The van der Waals surface area contributed by atoms with Crippen molar-refractivity contribution in [3.05, 3.63) is 77.0 Å². The number of anilines is 1. The molecule has 1 heterocycles. The Morgan fingerprint density at radius 2 is 1.92 bits per heavy atom. The van der Waals surface area contributed by atoms with Gasteiger partial charge in [0, 0.05) is 16.7 Å². The van der Waals surface area contributed by atoms with Gasteiger partial charge in [0.25, 0.3) is 5.91 Å². The van der Waals surface area contributed by atoms with Gasteiger partial charge in [-0.3, -0.25) is 4.79 Å². The molecule has 3 rings (SSSR count). The summed E-state index contributed by atoms with van der Waals surface area (Å²) in [5.41, 5.74) is 1.87. The van der Waals surface area contributed by atoms with Crippen molar-refractivity contribution in [2.75, 3.05) is 10.7 Å². The molecule has 1 aliphatic rings. The highest BCUT2D eigenvalue weighted by molar-refractivity contribution is 7.94. The Morgan fingerprint density at radius 3 is 2.48 bits per heavy atom. The zero-order chi connectivity index (χ0) is 18.0. The molecule has 1 amide bonds. The van der Waals surface area contributed by atoms with Crippen molar-refractivity contribution >= 4 is 21.4 Å². The molecule has 0 aliphatic carbocycles. The van der Waals surface area contributed by atoms with E-state index in [0.29, 0.717) is 5.69 Å². The van der Waals surface area contributed by atoms with E-state index in [0.717, 1.165) is 23.5 Å². The number of halogens is 1. The number of benzene rings is 2. The number of carbonyl (C=O) groups is 1. The molecule has 2 aromatic rings. The molecular weight excluding hydrogens is 341 g/mol. The number of carbonyl (C=O) groups excluding carboxylic acids is 1. The van der Waals surface area contributed by atoms with Crippen molar-refractivity contribution in [2.45, 2.75) is 19.4 Å². The summed E-state index contributed by atoms with van der Waals surface area (Å²) in [5.74, 6) is -1.12. The van der Waals surface area contributed by atoms with Crippen LogP contribution in [0.25, 0.3) is 0 Å². The zero-order valence-electron chi connectivity index (χ0n) is 13.7. The number of hydrogen-bond donors (Lipinski definition) is 0. The molecule has 130 valence electrons. The topological polar surface area (TPSA) is 54.5 Å². The van der Waals surface area contributed by atoms with Crippen molar-refractivity contribution < 1.29 is 17.6 Å². The standard InChI is InChI=1S/C19H18FNO3S/c1-2-14-6-8-17(9-7-14)21(18-10-11-25(23,24)13-18)19(22)15-4-3-5-16(20)12-15/h3-12,18H,2,13H2,1H3. The van der Waals surface area contributed by atoms with E-state index in [4.69, 9.17) is 0 Å². The molecule has 6 heteroatoms. The highest BCUT2D eigenvalue weighted by atomic mass is 32.2. The van der Waals surface area contributed by atoms with Crippen molar-refractivity contribution in [1.82, 2.24) is 0 Å². The largest absolute Gasteiger partial charge is 0.300 e. The Hall–Kier alpha value is -2.47. The zero-order valence-corrected chi connectivity index (χ0v) is 14.5. The minimum absolute atomic E-state index is 0.177. The average molecular weight is 359 g/mol. The molecule has 0 bridgehead atoms. The fourth-order valence-corrected chi connectivity index (χ4v) is 4.10. The Morgan fingerprint density at radius 1 is 1.20 bits per heavy atom. The maximum atomic E-state index is 13.5. The second kappa shape index (κ2) is 6.80. The number of amides is 1. The minimum atomic E-state index is -3.33. The first-order chi connectivity index (χ1) is 11.9. The molecule has 0 saturated heterocycles. The lowest BCUT2D eigenvalue weighted by Crippen LogP contribution is -2.41. The van der Waals surface area contributed by atoms with Crippen molar-refractivity contribution in [3.63, 3.8) is 0 Å². The van der Waals surface area contributed by atoms with Gasteiger partial charge in [-0.2, -0.15) is 0 Å². The normalized spacial score (nSPS) is 18.2. The summed E-state index contributed by atoms with van der Waals surface area (Å²) >= 11 is 0. The van der Waals surface area contributed by atoms with Gasteiger partial charge in [0.1, 0.15) is 5.82 Å². The van der Waals surface area contributed by atoms with Crippen LogP contribution in [0.15, 0.2) is 60.0 Å². The van der Waals surface area contributed by atoms with E-state index in [-0.39, 0.29) is 11.3 Å². The molecule has 1 atom stereocenters. The van der Waals surface area contributed by atoms with Crippen LogP contribution >= 0.6 is 0 Å². The summed E-state index contributed by atoms with van der Waals surface area (Å²) in [4.78, 5) is 14.4. The number of hydrogen-bond acceptors (Lipinski definition) is 3. The molecule has 2 aromatic carbocycles. The summed E-state index contributed by atoms with van der Waals surface area (Å²) in [6.07, 6.45) is 2.36.